The molecule has 0 atom stereocenters. The van der Waals surface area contributed by atoms with Gasteiger partial charge in [0, 0.05) is 29.9 Å². The quantitative estimate of drug-likeness (QED) is 0.229. The number of hydrogen-bond donors (Lipinski definition) is 2. The zero-order chi connectivity index (χ0) is 28.6. The summed E-state index contributed by atoms with van der Waals surface area (Å²) in [5, 5.41) is 12.0. The van der Waals surface area contributed by atoms with Crippen LogP contribution in [0.4, 0.5) is 14.5 Å². The molecule has 0 aliphatic heterocycles. The fraction of sp³-hybridized carbons (Fsp3) is 0.192. The van der Waals surface area contributed by atoms with Crippen molar-refractivity contribution in [3.8, 4) is 16.9 Å². The van der Waals surface area contributed by atoms with Crippen molar-refractivity contribution in [2.75, 3.05) is 5.32 Å². The van der Waals surface area contributed by atoms with Crippen molar-refractivity contribution in [3.05, 3.63) is 75.8 Å². The minimum Gasteiger partial charge on any atom is -0.470 e. The number of carbonyl (C=O) groups is 2. The molecule has 0 saturated carbocycles. The molecule has 5 aromatic rings. The predicted molar refractivity (Wildman–Crippen MR) is 147 cm³/mol. The second-order valence-corrected chi connectivity index (χ2v) is 10.0. The molecule has 0 radical (unpaired) electrons. The Hall–Kier alpha value is -4.36. The van der Waals surface area contributed by atoms with Crippen LogP contribution in [0.3, 0.4) is 0 Å². The lowest BCUT2D eigenvalue weighted by Crippen LogP contribution is -2.21. The van der Waals surface area contributed by atoms with Crippen LogP contribution >= 0.6 is 22.9 Å². The molecule has 3 N–H and O–H groups in total. The molecule has 0 unspecified atom stereocenters. The van der Waals surface area contributed by atoms with Crippen molar-refractivity contribution in [1.29, 1.82) is 0 Å². The number of pyridine rings is 1. The number of fused-ring (bicyclic) bond motifs is 1. The maximum Gasteiger partial charge on any atom is 0.280 e. The minimum absolute atomic E-state index is 0.0394. The maximum atomic E-state index is 13.8. The normalized spacial score (nSPS) is 11.3. The number of thiophene rings is 1. The highest BCUT2D eigenvalue weighted by Crippen LogP contribution is 2.43. The van der Waals surface area contributed by atoms with Crippen LogP contribution in [0.5, 0.6) is 5.75 Å². The summed E-state index contributed by atoms with van der Waals surface area (Å²) >= 11 is 6.97. The molecule has 4 heterocycles. The number of ether oxygens (including phenoxy) is 1. The summed E-state index contributed by atoms with van der Waals surface area (Å²) in [4.78, 5) is 30.1. The summed E-state index contributed by atoms with van der Waals surface area (Å²) < 4.78 is 36.3. The first kappa shape index (κ1) is 27.2. The molecule has 206 valence electrons. The van der Waals surface area contributed by atoms with E-state index in [4.69, 9.17) is 22.1 Å². The first-order valence-electron chi connectivity index (χ1n) is 12.0. The Labute approximate surface area is 235 Å². The number of carbonyl (C=O) groups excluding carboxylic acids is 2. The van der Waals surface area contributed by atoms with Gasteiger partial charge >= 0.3 is 0 Å². The summed E-state index contributed by atoms with van der Waals surface area (Å²) in [6.07, 6.45) is 0.262. The van der Waals surface area contributed by atoms with Gasteiger partial charge in [-0.05, 0) is 43.7 Å². The van der Waals surface area contributed by atoms with Crippen LogP contribution in [0.15, 0.2) is 48.8 Å². The van der Waals surface area contributed by atoms with E-state index in [-0.39, 0.29) is 27.8 Å². The number of hydrogen-bond acceptors (Lipinski definition) is 7. The Balaban J connectivity index is 1.58. The second-order valence-electron chi connectivity index (χ2n) is 8.60. The van der Waals surface area contributed by atoms with Gasteiger partial charge in [0.15, 0.2) is 6.73 Å². The molecule has 1 aromatic carbocycles. The molecular formula is C26H22ClF2N7O3S. The summed E-state index contributed by atoms with van der Waals surface area (Å²) in [6.45, 7) is 4.05. The molecule has 4 aromatic heterocycles. The number of rotatable bonds is 9. The number of nitrogens with zero attached hydrogens (tertiary/aromatic N) is 5. The Kier molecular flexibility index (Phi) is 7.50. The lowest BCUT2D eigenvalue weighted by molar-refractivity contribution is 0.100. The number of alkyl halides is 2. The van der Waals surface area contributed by atoms with E-state index in [9.17, 15) is 18.4 Å². The number of nitrogens with two attached hydrogens (primary N) is 1. The van der Waals surface area contributed by atoms with Gasteiger partial charge in [0.25, 0.3) is 18.2 Å². The topological polar surface area (TPSA) is 130 Å². The fourth-order valence-electron chi connectivity index (χ4n) is 4.18. The fourth-order valence-corrected chi connectivity index (χ4v) is 5.38. The third kappa shape index (κ3) is 5.12. The summed E-state index contributed by atoms with van der Waals surface area (Å²) in [5.74, 6) is -1.08. The lowest BCUT2D eigenvalue weighted by Gasteiger charge is -2.12. The SMILES string of the molecule is CCn1cc(-c2cc(C(F)F)nc3sc(C(N)=O)c(NC(=O)c4ccnn4COc4ccccc4Cl)c23)c(C)n1. The molecule has 0 spiro atoms. The number of aromatic nitrogens is 5. The summed E-state index contributed by atoms with van der Waals surface area (Å²) in [6, 6.07) is 9.55. The molecule has 0 saturated heterocycles. The van der Waals surface area contributed by atoms with Crippen molar-refractivity contribution >= 4 is 50.7 Å². The third-order valence-electron chi connectivity index (χ3n) is 6.06. The van der Waals surface area contributed by atoms with Crippen LogP contribution in [0.2, 0.25) is 5.02 Å². The number of anilines is 1. The van der Waals surface area contributed by atoms with E-state index < -0.39 is 23.9 Å². The Morgan fingerprint density at radius 3 is 2.67 bits per heavy atom. The van der Waals surface area contributed by atoms with Gasteiger partial charge in [0.2, 0.25) is 0 Å². The summed E-state index contributed by atoms with van der Waals surface area (Å²) in [5.41, 5.74) is 6.81. The number of nitrogens with one attached hydrogen (secondary N) is 1. The van der Waals surface area contributed by atoms with Crippen LogP contribution in [-0.2, 0) is 13.3 Å². The molecule has 0 aliphatic carbocycles. The average molecular weight is 586 g/mol. The number of aryl methyl sites for hydroxylation is 2. The molecule has 40 heavy (non-hydrogen) atoms. The van der Waals surface area contributed by atoms with Crippen LogP contribution < -0.4 is 15.8 Å². The Morgan fingerprint density at radius 2 is 2.00 bits per heavy atom. The van der Waals surface area contributed by atoms with Gasteiger partial charge in [-0.15, -0.1) is 11.3 Å². The van der Waals surface area contributed by atoms with Crippen LogP contribution in [0, 0.1) is 6.92 Å². The number of benzene rings is 1. The van der Waals surface area contributed by atoms with Crippen LogP contribution in [0.1, 0.15) is 44.9 Å². The highest BCUT2D eigenvalue weighted by Gasteiger charge is 2.27. The van der Waals surface area contributed by atoms with Crippen LogP contribution in [0.25, 0.3) is 21.3 Å². The number of amides is 2. The zero-order valence-electron chi connectivity index (χ0n) is 21.2. The maximum absolute atomic E-state index is 13.8. The highest BCUT2D eigenvalue weighted by atomic mass is 35.5. The van der Waals surface area contributed by atoms with E-state index in [0.29, 0.717) is 39.5 Å². The predicted octanol–water partition coefficient (Wildman–Crippen LogP) is 5.66. The third-order valence-corrected chi connectivity index (χ3v) is 7.47. The standard InChI is InChI=1S/C26H22ClF2N7O3S/c1-3-35-11-15(13(2)34-35)14-10-17(23(28)29)32-26-20(14)21(22(40-26)24(30)37)33-25(38)18-8-9-31-36(18)12-39-19-7-5-4-6-16(19)27/h4-11,23H,3,12H2,1-2H3,(H2,30,37)(H,33,38). The number of primary amides is 1. The van der Waals surface area contributed by atoms with Crippen molar-refractivity contribution < 1.29 is 23.1 Å². The van der Waals surface area contributed by atoms with Crippen molar-refractivity contribution in [2.24, 2.45) is 5.73 Å². The largest absolute Gasteiger partial charge is 0.470 e. The van der Waals surface area contributed by atoms with Gasteiger partial charge in [-0.2, -0.15) is 10.2 Å². The van der Waals surface area contributed by atoms with Crippen LogP contribution in [-0.4, -0.2) is 36.4 Å². The zero-order valence-corrected chi connectivity index (χ0v) is 22.8. The number of para-hydroxylation sites is 1. The second kappa shape index (κ2) is 11.0. The molecule has 5 rings (SSSR count). The lowest BCUT2D eigenvalue weighted by atomic mass is 10.0. The number of halogens is 3. The highest BCUT2D eigenvalue weighted by molar-refractivity contribution is 7.21. The van der Waals surface area contributed by atoms with Gasteiger partial charge in [0.1, 0.15) is 26.8 Å². The van der Waals surface area contributed by atoms with Crippen molar-refractivity contribution in [2.45, 2.75) is 33.5 Å². The van der Waals surface area contributed by atoms with Gasteiger partial charge in [-0.1, -0.05) is 23.7 Å². The molecule has 0 fully saturated rings. The Morgan fingerprint density at radius 1 is 1.23 bits per heavy atom. The monoisotopic (exact) mass is 585 g/mol. The molecule has 14 heteroatoms. The molecule has 0 aliphatic rings. The van der Waals surface area contributed by atoms with Crippen molar-refractivity contribution in [3.63, 3.8) is 0 Å². The molecule has 10 nitrogen and oxygen atoms in total. The van der Waals surface area contributed by atoms with E-state index in [1.54, 1.807) is 42.1 Å². The summed E-state index contributed by atoms with van der Waals surface area (Å²) in [7, 11) is 0. The first-order valence-corrected chi connectivity index (χ1v) is 13.2. The smallest absolute Gasteiger partial charge is 0.280 e. The van der Waals surface area contributed by atoms with Crippen molar-refractivity contribution in [1.82, 2.24) is 24.5 Å². The van der Waals surface area contributed by atoms with E-state index in [2.05, 4.69) is 20.5 Å². The van der Waals surface area contributed by atoms with Gasteiger partial charge in [0.05, 0.1) is 16.4 Å². The van der Waals surface area contributed by atoms with Gasteiger partial charge in [-0.3, -0.25) is 14.3 Å². The first-order chi connectivity index (χ1) is 19.2. The molecule has 2 amide bonds. The average Bonchev–Trinajstić information content (AvgIpc) is 3.64. The van der Waals surface area contributed by atoms with E-state index in [0.717, 1.165) is 11.3 Å². The minimum atomic E-state index is -2.87. The van der Waals surface area contributed by atoms with Gasteiger partial charge < -0.3 is 15.8 Å². The van der Waals surface area contributed by atoms with Gasteiger partial charge in [-0.25, -0.2) is 18.4 Å². The molecular weight excluding hydrogens is 564 g/mol. The Bertz CT molecular complexity index is 1750. The van der Waals surface area contributed by atoms with E-state index >= 15 is 0 Å². The molecule has 0 bridgehead atoms. The van der Waals surface area contributed by atoms with E-state index in [1.807, 2.05) is 6.92 Å². The van der Waals surface area contributed by atoms with E-state index in [1.165, 1.54) is 23.0 Å².